The number of piperidine rings is 1. The van der Waals surface area contributed by atoms with Crippen molar-refractivity contribution in [3.05, 3.63) is 36.0 Å². The van der Waals surface area contributed by atoms with E-state index in [1.165, 1.54) is 18.3 Å². The smallest absolute Gasteiger partial charge is 0.342 e. The first kappa shape index (κ1) is 19.0. The molecule has 3 heterocycles. The molecule has 0 unspecified atom stereocenters. The molecule has 1 aliphatic rings. The zero-order valence-corrected chi connectivity index (χ0v) is 15.9. The Hall–Kier alpha value is -2.33. The summed E-state index contributed by atoms with van der Waals surface area (Å²) in [5.74, 6) is 0.656. The van der Waals surface area contributed by atoms with Crippen LogP contribution in [0.15, 0.2) is 40.4 Å². The Kier molecular flexibility index (Phi) is 4.70. The molecular formula is C18H19F3N6S. The van der Waals surface area contributed by atoms with Crippen LogP contribution in [-0.4, -0.2) is 38.6 Å². The van der Waals surface area contributed by atoms with Gasteiger partial charge in [-0.2, -0.15) is 18.2 Å². The fourth-order valence-electron chi connectivity index (χ4n) is 3.09. The van der Waals surface area contributed by atoms with Gasteiger partial charge >= 0.3 is 6.18 Å². The SMILES string of the molecule is CC1(N)CCN(c2nc3nc(Sc4ccccc4C(F)(F)F)cnc3[nH]2)CC1. The van der Waals surface area contributed by atoms with Crippen LogP contribution in [0.25, 0.3) is 11.3 Å². The number of nitrogens with one attached hydrogen (secondary N) is 1. The van der Waals surface area contributed by atoms with Crippen LogP contribution < -0.4 is 10.6 Å². The molecule has 4 rings (SSSR count). The van der Waals surface area contributed by atoms with Gasteiger partial charge in [0.25, 0.3) is 0 Å². The van der Waals surface area contributed by atoms with Crippen LogP contribution >= 0.6 is 11.8 Å². The lowest BCUT2D eigenvalue weighted by Crippen LogP contribution is -2.48. The molecule has 3 aromatic rings. The Morgan fingerprint density at radius 3 is 2.61 bits per heavy atom. The number of imidazole rings is 1. The number of aromatic amines is 1. The van der Waals surface area contributed by atoms with E-state index in [4.69, 9.17) is 5.73 Å². The number of hydrogen-bond donors (Lipinski definition) is 2. The third-order valence-electron chi connectivity index (χ3n) is 4.79. The Labute approximate surface area is 163 Å². The summed E-state index contributed by atoms with van der Waals surface area (Å²) in [7, 11) is 0. The van der Waals surface area contributed by atoms with Crippen LogP contribution in [-0.2, 0) is 6.18 Å². The van der Waals surface area contributed by atoms with Crippen molar-refractivity contribution in [2.75, 3.05) is 18.0 Å². The molecule has 0 saturated carbocycles. The fourth-order valence-corrected chi connectivity index (χ4v) is 4.00. The van der Waals surface area contributed by atoms with E-state index >= 15 is 0 Å². The first-order valence-electron chi connectivity index (χ1n) is 8.82. The number of nitrogens with two attached hydrogens (primary N) is 1. The molecule has 1 aromatic carbocycles. The molecule has 0 spiro atoms. The average molecular weight is 408 g/mol. The van der Waals surface area contributed by atoms with Gasteiger partial charge in [-0.15, -0.1) is 0 Å². The minimum atomic E-state index is -4.42. The lowest BCUT2D eigenvalue weighted by Gasteiger charge is -2.36. The van der Waals surface area contributed by atoms with Gasteiger partial charge in [0.05, 0.1) is 11.8 Å². The highest BCUT2D eigenvalue weighted by molar-refractivity contribution is 7.99. The Morgan fingerprint density at radius 2 is 1.89 bits per heavy atom. The molecule has 0 atom stereocenters. The Bertz CT molecular complexity index is 990. The van der Waals surface area contributed by atoms with Gasteiger partial charge in [-0.1, -0.05) is 23.9 Å². The fraction of sp³-hybridized carbons (Fsp3) is 0.389. The van der Waals surface area contributed by atoms with Crippen molar-refractivity contribution < 1.29 is 13.2 Å². The summed E-state index contributed by atoms with van der Waals surface area (Å²) >= 11 is 0.923. The monoisotopic (exact) mass is 408 g/mol. The number of fused-ring (bicyclic) bond motifs is 1. The molecule has 0 aliphatic carbocycles. The molecule has 1 aliphatic heterocycles. The Balaban J connectivity index is 1.58. The highest BCUT2D eigenvalue weighted by atomic mass is 32.2. The number of anilines is 1. The minimum Gasteiger partial charge on any atom is -0.342 e. The molecule has 3 N–H and O–H groups in total. The van der Waals surface area contributed by atoms with Gasteiger partial charge in [0.15, 0.2) is 11.3 Å². The van der Waals surface area contributed by atoms with E-state index in [2.05, 4.69) is 24.8 Å². The van der Waals surface area contributed by atoms with Crippen LogP contribution in [0, 0.1) is 0 Å². The summed E-state index contributed by atoms with van der Waals surface area (Å²) in [6, 6.07) is 5.42. The first-order valence-corrected chi connectivity index (χ1v) is 9.64. The van der Waals surface area contributed by atoms with E-state index in [1.807, 2.05) is 6.92 Å². The highest BCUT2D eigenvalue weighted by Gasteiger charge is 2.33. The van der Waals surface area contributed by atoms with Crippen molar-refractivity contribution in [1.29, 1.82) is 0 Å². The van der Waals surface area contributed by atoms with Gasteiger partial charge in [0.1, 0.15) is 5.03 Å². The number of H-pyrrole nitrogens is 1. The molecule has 0 radical (unpaired) electrons. The number of rotatable bonds is 3. The summed E-state index contributed by atoms with van der Waals surface area (Å²) < 4.78 is 39.6. The van der Waals surface area contributed by atoms with Crippen LogP contribution in [0.3, 0.4) is 0 Å². The van der Waals surface area contributed by atoms with Crippen molar-refractivity contribution >= 4 is 29.0 Å². The molecule has 0 amide bonds. The van der Waals surface area contributed by atoms with Crippen molar-refractivity contribution in [2.24, 2.45) is 5.73 Å². The van der Waals surface area contributed by atoms with Crippen LogP contribution in [0.5, 0.6) is 0 Å². The molecule has 1 saturated heterocycles. The maximum Gasteiger partial charge on any atom is 0.417 e. The highest BCUT2D eigenvalue weighted by Crippen LogP contribution is 2.38. The van der Waals surface area contributed by atoms with Crippen molar-refractivity contribution in [1.82, 2.24) is 19.9 Å². The predicted molar refractivity (Wildman–Crippen MR) is 101 cm³/mol. The standard InChI is InChI=1S/C18H19F3N6S/c1-17(22)6-8-27(9-7-17)16-25-14-15(26-16)24-13(10-23-14)28-12-5-3-2-4-11(12)18(19,20)21/h2-5,10H,6-9,22H2,1H3,(H,23,24,25,26). The van der Waals surface area contributed by atoms with E-state index in [0.29, 0.717) is 22.3 Å². The zero-order chi connectivity index (χ0) is 19.9. The molecule has 0 bridgehead atoms. The topological polar surface area (TPSA) is 83.7 Å². The van der Waals surface area contributed by atoms with Crippen molar-refractivity contribution in [2.45, 2.75) is 41.4 Å². The van der Waals surface area contributed by atoms with Gasteiger partial charge in [-0.3, -0.25) is 0 Å². The van der Waals surface area contributed by atoms with Gasteiger partial charge in [0.2, 0.25) is 5.95 Å². The quantitative estimate of drug-likeness (QED) is 0.685. The number of nitrogens with zero attached hydrogens (tertiary/aromatic N) is 4. The lowest BCUT2D eigenvalue weighted by atomic mass is 9.91. The number of hydrogen-bond acceptors (Lipinski definition) is 6. The van der Waals surface area contributed by atoms with E-state index < -0.39 is 11.7 Å². The second kappa shape index (κ2) is 6.93. The lowest BCUT2D eigenvalue weighted by molar-refractivity contribution is -0.139. The molecule has 148 valence electrons. The molecule has 1 fully saturated rings. The molecule has 10 heteroatoms. The largest absolute Gasteiger partial charge is 0.417 e. The van der Waals surface area contributed by atoms with E-state index in [1.54, 1.807) is 6.07 Å². The van der Waals surface area contributed by atoms with E-state index in [0.717, 1.165) is 43.8 Å². The average Bonchev–Trinajstić information content (AvgIpc) is 3.04. The summed E-state index contributed by atoms with van der Waals surface area (Å²) in [6.07, 6.45) is -1.28. The molecular weight excluding hydrogens is 389 g/mol. The van der Waals surface area contributed by atoms with Gasteiger partial charge in [-0.25, -0.2) is 9.97 Å². The second-order valence-corrected chi connectivity index (χ2v) is 8.24. The maximum absolute atomic E-state index is 13.2. The molecule has 28 heavy (non-hydrogen) atoms. The number of alkyl halides is 3. The second-order valence-electron chi connectivity index (χ2n) is 7.18. The number of halogens is 3. The summed E-state index contributed by atoms with van der Waals surface area (Å²) in [5.41, 5.74) is 6.18. The molecule has 2 aromatic heterocycles. The summed E-state index contributed by atoms with van der Waals surface area (Å²) in [5, 5.41) is 0.357. The third kappa shape index (κ3) is 3.93. The van der Waals surface area contributed by atoms with Gasteiger partial charge < -0.3 is 15.6 Å². The van der Waals surface area contributed by atoms with E-state index in [-0.39, 0.29) is 10.4 Å². The van der Waals surface area contributed by atoms with Crippen molar-refractivity contribution in [3.63, 3.8) is 0 Å². The normalized spacial score (nSPS) is 17.2. The van der Waals surface area contributed by atoms with Gasteiger partial charge in [0, 0.05) is 23.5 Å². The Morgan fingerprint density at radius 1 is 1.18 bits per heavy atom. The number of benzene rings is 1. The van der Waals surface area contributed by atoms with Gasteiger partial charge in [-0.05, 0) is 31.9 Å². The minimum absolute atomic E-state index is 0.0812. The third-order valence-corrected chi connectivity index (χ3v) is 5.77. The van der Waals surface area contributed by atoms with E-state index in [9.17, 15) is 13.2 Å². The van der Waals surface area contributed by atoms with Crippen LogP contribution in [0.2, 0.25) is 0 Å². The van der Waals surface area contributed by atoms with Crippen LogP contribution in [0.4, 0.5) is 19.1 Å². The summed E-state index contributed by atoms with van der Waals surface area (Å²) in [6.45, 7) is 3.58. The zero-order valence-electron chi connectivity index (χ0n) is 15.1. The maximum atomic E-state index is 13.2. The number of aromatic nitrogens is 4. The summed E-state index contributed by atoms with van der Waals surface area (Å²) in [4.78, 5) is 18.4. The van der Waals surface area contributed by atoms with Crippen molar-refractivity contribution in [3.8, 4) is 0 Å². The first-order chi connectivity index (χ1) is 13.2. The van der Waals surface area contributed by atoms with Crippen LogP contribution in [0.1, 0.15) is 25.3 Å². The molecule has 6 nitrogen and oxygen atoms in total. The predicted octanol–water partition coefficient (Wildman–Crippen LogP) is 3.84.